The van der Waals surface area contributed by atoms with Crippen molar-refractivity contribution < 1.29 is 9.53 Å². The first-order chi connectivity index (χ1) is 13.7. The lowest BCUT2D eigenvalue weighted by atomic mass is 10.2. The first-order valence-corrected chi connectivity index (χ1v) is 9.68. The number of hydrazone groups is 1. The second-order valence-electron chi connectivity index (χ2n) is 5.96. The Hall–Kier alpha value is -3.19. The van der Waals surface area contributed by atoms with Crippen molar-refractivity contribution in [3.05, 3.63) is 83.7 Å². The Kier molecular flexibility index (Phi) is 7.14. The van der Waals surface area contributed by atoms with Gasteiger partial charge in [0.15, 0.2) is 5.16 Å². The average Bonchev–Trinajstić information content (AvgIpc) is 2.73. The number of amides is 1. The number of carbonyl (C=O) groups is 1. The van der Waals surface area contributed by atoms with Gasteiger partial charge in [0.05, 0.1) is 12.0 Å². The summed E-state index contributed by atoms with van der Waals surface area (Å²) in [5, 5.41) is 4.52. The van der Waals surface area contributed by atoms with Gasteiger partial charge in [-0.15, -0.1) is 0 Å². The van der Waals surface area contributed by atoms with Crippen LogP contribution in [0.2, 0.25) is 0 Å². The molecule has 0 aliphatic heterocycles. The quantitative estimate of drug-likeness (QED) is 0.274. The molecule has 0 fully saturated rings. The van der Waals surface area contributed by atoms with Crippen LogP contribution in [0.1, 0.15) is 16.7 Å². The van der Waals surface area contributed by atoms with Gasteiger partial charge in [0, 0.05) is 12.4 Å². The van der Waals surface area contributed by atoms with Gasteiger partial charge < -0.3 is 4.74 Å². The summed E-state index contributed by atoms with van der Waals surface area (Å²) < 4.78 is 5.77. The molecule has 28 heavy (non-hydrogen) atoms. The topological polar surface area (TPSA) is 76.5 Å². The molecule has 142 valence electrons. The average molecular weight is 392 g/mol. The van der Waals surface area contributed by atoms with Crippen LogP contribution in [0.15, 0.2) is 77.2 Å². The third-order valence-electron chi connectivity index (χ3n) is 3.68. The van der Waals surface area contributed by atoms with Crippen LogP contribution in [0.4, 0.5) is 0 Å². The number of ether oxygens (including phenoxy) is 1. The molecule has 0 saturated heterocycles. The molecule has 1 aromatic heterocycles. The summed E-state index contributed by atoms with van der Waals surface area (Å²) in [6.07, 6.45) is 4.87. The molecule has 0 atom stereocenters. The van der Waals surface area contributed by atoms with Gasteiger partial charge in [0.1, 0.15) is 12.4 Å². The third kappa shape index (κ3) is 6.51. The Balaban J connectivity index is 1.41. The molecule has 0 bridgehead atoms. The highest BCUT2D eigenvalue weighted by Crippen LogP contribution is 2.14. The third-order valence-corrected chi connectivity index (χ3v) is 4.56. The van der Waals surface area contributed by atoms with Crippen LogP contribution in [-0.4, -0.2) is 27.8 Å². The lowest BCUT2D eigenvalue weighted by molar-refractivity contribution is -0.118. The molecule has 0 aliphatic carbocycles. The van der Waals surface area contributed by atoms with E-state index in [0.29, 0.717) is 11.8 Å². The monoisotopic (exact) mass is 392 g/mol. The van der Waals surface area contributed by atoms with Crippen molar-refractivity contribution in [1.29, 1.82) is 0 Å². The van der Waals surface area contributed by atoms with Crippen LogP contribution in [0.5, 0.6) is 5.75 Å². The largest absolute Gasteiger partial charge is 0.489 e. The number of hydrogen-bond acceptors (Lipinski definition) is 6. The Bertz CT molecular complexity index is 913. The summed E-state index contributed by atoms with van der Waals surface area (Å²) in [5.41, 5.74) is 5.70. The van der Waals surface area contributed by atoms with Gasteiger partial charge in [-0.1, -0.05) is 41.6 Å². The Morgan fingerprint density at radius 2 is 1.82 bits per heavy atom. The number of nitrogens with one attached hydrogen (secondary N) is 1. The van der Waals surface area contributed by atoms with E-state index in [1.165, 1.54) is 17.3 Å². The second-order valence-corrected chi connectivity index (χ2v) is 6.90. The van der Waals surface area contributed by atoms with Gasteiger partial charge >= 0.3 is 0 Å². The van der Waals surface area contributed by atoms with Gasteiger partial charge in [-0.05, 0) is 48.4 Å². The van der Waals surface area contributed by atoms with Crippen molar-refractivity contribution in [2.45, 2.75) is 18.7 Å². The fraction of sp³-hybridized carbons (Fsp3) is 0.143. The molecule has 0 spiro atoms. The molecule has 1 heterocycles. The molecule has 3 aromatic rings. The molecule has 6 nitrogen and oxygen atoms in total. The van der Waals surface area contributed by atoms with Crippen molar-refractivity contribution in [3.8, 4) is 5.75 Å². The van der Waals surface area contributed by atoms with Crippen molar-refractivity contribution in [2.24, 2.45) is 5.10 Å². The van der Waals surface area contributed by atoms with E-state index >= 15 is 0 Å². The van der Waals surface area contributed by atoms with Crippen LogP contribution in [-0.2, 0) is 11.4 Å². The summed E-state index contributed by atoms with van der Waals surface area (Å²) in [5.74, 6) is 0.764. The molecule has 3 rings (SSSR count). The Morgan fingerprint density at radius 1 is 1.11 bits per heavy atom. The van der Waals surface area contributed by atoms with Gasteiger partial charge in [0.25, 0.3) is 5.91 Å². The number of rotatable bonds is 8. The van der Waals surface area contributed by atoms with E-state index in [1.54, 1.807) is 24.7 Å². The van der Waals surface area contributed by atoms with Crippen molar-refractivity contribution in [2.75, 3.05) is 5.75 Å². The molecular formula is C21H20N4O2S. The SMILES string of the molecule is Cc1ccc(COc2ccc(C=NNC(=O)CSc3ncccn3)cc2)cc1. The van der Waals surface area contributed by atoms with Crippen LogP contribution in [0.3, 0.4) is 0 Å². The van der Waals surface area contributed by atoms with Crippen molar-refractivity contribution in [1.82, 2.24) is 15.4 Å². The fourth-order valence-corrected chi connectivity index (χ4v) is 2.80. The van der Waals surface area contributed by atoms with Gasteiger partial charge in [0.2, 0.25) is 0 Å². The molecule has 1 amide bonds. The molecular weight excluding hydrogens is 372 g/mol. The Labute approximate surface area is 168 Å². The fourth-order valence-electron chi connectivity index (χ4n) is 2.20. The summed E-state index contributed by atoms with van der Waals surface area (Å²) in [6, 6.07) is 17.5. The first-order valence-electron chi connectivity index (χ1n) is 8.69. The summed E-state index contributed by atoms with van der Waals surface area (Å²) in [7, 11) is 0. The summed E-state index contributed by atoms with van der Waals surface area (Å²) in [4.78, 5) is 19.9. The summed E-state index contributed by atoms with van der Waals surface area (Å²) >= 11 is 1.26. The van der Waals surface area contributed by atoms with Gasteiger partial charge in [-0.25, -0.2) is 15.4 Å². The number of carbonyl (C=O) groups excluding carboxylic acids is 1. The predicted molar refractivity (Wildman–Crippen MR) is 110 cm³/mol. The molecule has 2 aromatic carbocycles. The van der Waals surface area contributed by atoms with Crippen molar-refractivity contribution >= 4 is 23.9 Å². The minimum Gasteiger partial charge on any atom is -0.489 e. The van der Waals surface area contributed by atoms with Crippen LogP contribution >= 0.6 is 11.8 Å². The molecule has 0 aliphatic rings. The van der Waals surface area contributed by atoms with E-state index in [1.807, 2.05) is 24.3 Å². The van der Waals surface area contributed by atoms with Crippen LogP contribution < -0.4 is 10.2 Å². The van der Waals surface area contributed by atoms with Gasteiger partial charge in [-0.2, -0.15) is 5.10 Å². The maximum absolute atomic E-state index is 11.8. The van der Waals surface area contributed by atoms with E-state index in [-0.39, 0.29) is 11.7 Å². The van der Waals surface area contributed by atoms with E-state index in [9.17, 15) is 4.79 Å². The first kappa shape index (κ1) is 19.6. The lowest BCUT2D eigenvalue weighted by Gasteiger charge is -2.06. The zero-order valence-corrected chi connectivity index (χ0v) is 16.2. The standard InChI is InChI=1S/C21H20N4O2S/c1-16-3-5-18(6-4-16)14-27-19-9-7-17(8-10-19)13-24-25-20(26)15-28-21-22-11-2-12-23-21/h2-13H,14-15H2,1H3,(H,25,26). The number of aryl methyl sites for hydroxylation is 1. The second kappa shape index (κ2) is 10.2. The van der Waals surface area contributed by atoms with Crippen LogP contribution in [0, 0.1) is 6.92 Å². The molecule has 1 N–H and O–H groups in total. The number of thioether (sulfide) groups is 1. The smallest absolute Gasteiger partial charge is 0.250 e. The molecule has 7 heteroatoms. The minimum absolute atomic E-state index is 0.202. The number of benzene rings is 2. The normalized spacial score (nSPS) is 10.8. The number of aromatic nitrogens is 2. The van der Waals surface area contributed by atoms with E-state index < -0.39 is 0 Å². The van der Waals surface area contributed by atoms with E-state index in [4.69, 9.17) is 4.74 Å². The molecule has 0 radical (unpaired) electrons. The Morgan fingerprint density at radius 3 is 2.54 bits per heavy atom. The predicted octanol–water partition coefficient (Wildman–Crippen LogP) is 3.61. The number of hydrogen-bond donors (Lipinski definition) is 1. The van der Waals surface area contributed by atoms with E-state index in [0.717, 1.165) is 16.9 Å². The van der Waals surface area contributed by atoms with E-state index in [2.05, 4.69) is 51.7 Å². The molecule has 0 saturated carbocycles. The highest BCUT2D eigenvalue weighted by atomic mass is 32.2. The zero-order chi connectivity index (χ0) is 19.6. The summed E-state index contributed by atoms with van der Waals surface area (Å²) in [6.45, 7) is 2.58. The highest BCUT2D eigenvalue weighted by Gasteiger charge is 2.03. The van der Waals surface area contributed by atoms with Gasteiger partial charge in [-0.3, -0.25) is 4.79 Å². The van der Waals surface area contributed by atoms with Crippen molar-refractivity contribution in [3.63, 3.8) is 0 Å². The van der Waals surface area contributed by atoms with Crippen LogP contribution in [0.25, 0.3) is 0 Å². The highest BCUT2D eigenvalue weighted by molar-refractivity contribution is 7.99. The maximum atomic E-state index is 11.8. The molecule has 0 unspecified atom stereocenters. The minimum atomic E-state index is -0.216. The maximum Gasteiger partial charge on any atom is 0.250 e. The zero-order valence-electron chi connectivity index (χ0n) is 15.4. The number of nitrogens with zero attached hydrogens (tertiary/aromatic N) is 3. The lowest BCUT2D eigenvalue weighted by Crippen LogP contribution is -2.19.